The number of ether oxygens (including phenoxy) is 1. The molecule has 0 aliphatic carbocycles. The fourth-order valence-corrected chi connectivity index (χ4v) is 6.45. The molecule has 0 atom stereocenters. The Kier molecular flexibility index (Phi) is 2.84. The van der Waals surface area contributed by atoms with E-state index in [0.717, 1.165) is 11.5 Å². The van der Waals surface area contributed by atoms with Gasteiger partial charge in [0.05, 0.1) is 0 Å². The minimum Gasteiger partial charge on any atom is -0.457 e. The van der Waals surface area contributed by atoms with Crippen molar-refractivity contribution in [1.82, 2.24) is 0 Å². The highest BCUT2D eigenvalue weighted by Crippen LogP contribution is 2.34. The monoisotopic (exact) mass is 282 g/mol. The Bertz CT molecular complexity index is 654. The zero-order valence-corrected chi connectivity index (χ0v) is 14.2. The molecule has 104 valence electrons. The molecule has 0 bridgehead atoms. The summed E-state index contributed by atoms with van der Waals surface area (Å²) in [5.74, 6) is 2.21. The van der Waals surface area contributed by atoms with E-state index in [1.54, 1.807) is 0 Å². The number of aryl methyl sites for hydroxylation is 4. The molecular weight excluding hydrogens is 260 g/mol. The molecule has 0 spiro atoms. The van der Waals surface area contributed by atoms with Crippen molar-refractivity contribution >= 4 is 18.4 Å². The van der Waals surface area contributed by atoms with Crippen molar-refractivity contribution in [3.05, 3.63) is 46.5 Å². The van der Waals surface area contributed by atoms with Crippen LogP contribution in [0.1, 0.15) is 22.3 Å². The van der Waals surface area contributed by atoms with Gasteiger partial charge in [0.1, 0.15) is 19.6 Å². The van der Waals surface area contributed by atoms with Crippen molar-refractivity contribution in [2.24, 2.45) is 0 Å². The van der Waals surface area contributed by atoms with Crippen LogP contribution in [0.5, 0.6) is 11.5 Å². The van der Waals surface area contributed by atoms with Gasteiger partial charge < -0.3 is 4.74 Å². The Labute approximate surface area is 122 Å². The smallest absolute Gasteiger partial charge is 0.130 e. The van der Waals surface area contributed by atoms with Crippen LogP contribution >= 0.6 is 0 Å². The molecule has 1 aliphatic heterocycles. The fourth-order valence-electron chi connectivity index (χ4n) is 3.36. The van der Waals surface area contributed by atoms with Crippen LogP contribution in [0.25, 0.3) is 0 Å². The Morgan fingerprint density at radius 1 is 0.700 bits per heavy atom. The van der Waals surface area contributed by atoms with Crippen LogP contribution in [-0.4, -0.2) is 8.07 Å². The zero-order valence-electron chi connectivity index (χ0n) is 13.2. The molecule has 20 heavy (non-hydrogen) atoms. The molecule has 3 rings (SSSR count). The highest BCUT2D eigenvalue weighted by molar-refractivity contribution is 7.01. The van der Waals surface area contributed by atoms with E-state index in [1.165, 1.54) is 32.6 Å². The third-order valence-corrected chi connectivity index (χ3v) is 7.82. The molecule has 0 amide bonds. The zero-order chi connectivity index (χ0) is 14.7. The molecule has 2 aromatic carbocycles. The Morgan fingerprint density at radius 2 is 1.10 bits per heavy atom. The molecule has 0 saturated carbocycles. The summed E-state index contributed by atoms with van der Waals surface area (Å²) < 4.78 is 6.32. The quantitative estimate of drug-likeness (QED) is 0.667. The van der Waals surface area contributed by atoms with Crippen LogP contribution in [-0.2, 0) is 0 Å². The molecular formula is C18H22OSi. The van der Waals surface area contributed by atoms with Crippen LogP contribution in [0.3, 0.4) is 0 Å². The Morgan fingerprint density at radius 3 is 1.50 bits per heavy atom. The number of hydrogen-bond acceptors (Lipinski definition) is 1. The van der Waals surface area contributed by atoms with Crippen LogP contribution in [0.15, 0.2) is 24.3 Å². The average molecular weight is 282 g/mol. The van der Waals surface area contributed by atoms with Gasteiger partial charge in [0.2, 0.25) is 0 Å². The minimum atomic E-state index is -1.68. The van der Waals surface area contributed by atoms with Gasteiger partial charge in [0, 0.05) is 0 Å². The molecule has 0 fully saturated rings. The first-order valence-corrected chi connectivity index (χ1v) is 10.2. The van der Waals surface area contributed by atoms with Gasteiger partial charge in [0.15, 0.2) is 0 Å². The summed E-state index contributed by atoms with van der Waals surface area (Å²) in [6.45, 7) is 13.5. The molecule has 0 aromatic heterocycles. The van der Waals surface area contributed by atoms with Gasteiger partial charge in [-0.05, 0) is 49.2 Å². The van der Waals surface area contributed by atoms with E-state index in [9.17, 15) is 0 Å². The van der Waals surface area contributed by atoms with Crippen LogP contribution < -0.4 is 15.1 Å². The van der Waals surface area contributed by atoms with Crippen LogP contribution in [0.2, 0.25) is 13.1 Å². The van der Waals surface area contributed by atoms with Crippen molar-refractivity contribution in [1.29, 1.82) is 0 Å². The second-order valence-corrected chi connectivity index (χ2v) is 11.0. The summed E-state index contributed by atoms with van der Waals surface area (Å²) in [6, 6.07) is 9.10. The predicted octanol–water partition coefficient (Wildman–Crippen LogP) is 3.85. The summed E-state index contributed by atoms with van der Waals surface area (Å²) >= 11 is 0. The molecule has 1 heterocycles. The molecule has 0 N–H and O–H groups in total. The summed E-state index contributed by atoms with van der Waals surface area (Å²) in [7, 11) is -1.68. The molecule has 0 saturated heterocycles. The van der Waals surface area contributed by atoms with Gasteiger partial charge >= 0.3 is 0 Å². The fraction of sp³-hybridized carbons (Fsp3) is 0.333. The summed E-state index contributed by atoms with van der Waals surface area (Å²) in [4.78, 5) is 0. The summed E-state index contributed by atoms with van der Waals surface area (Å²) in [5.41, 5.74) is 5.17. The standard InChI is InChI=1S/C18H22OSi/c1-11-7-13(3)17-15(9-11)20(5,6)16-10-12(2)8-14(4)18(16)19-17/h7-10H,1-6H3. The van der Waals surface area contributed by atoms with Crippen LogP contribution in [0, 0.1) is 27.7 Å². The minimum absolute atomic E-state index is 1.10. The first-order valence-electron chi connectivity index (χ1n) is 7.22. The second-order valence-electron chi connectivity index (χ2n) is 6.64. The maximum atomic E-state index is 6.32. The van der Waals surface area contributed by atoms with Gasteiger partial charge in [0.25, 0.3) is 0 Å². The second kappa shape index (κ2) is 4.22. The van der Waals surface area contributed by atoms with Crippen LogP contribution in [0.4, 0.5) is 0 Å². The first-order chi connectivity index (χ1) is 9.30. The van der Waals surface area contributed by atoms with Gasteiger partial charge in [-0.3, -0.25) is 0 Å². The lowest BCUT2D eigenvalue weighted by molar-refractivity contribution is 0.479. The number of fused-ring (bicyclic) bond motifs is 2. The lowest BCUT2D eigenvalue weighted by Gasteiger charge is -2.35. The van der Waals surface area contributed by atoms with E-state index in [2.05, 4.69) is 65.1 Å². The Balaban J connectivity index is 2.34. The van der Waals surface area contributed by atoms with Gasteiger partial charge in [-0.2, -0.15) is 0 Å². The lowest BCUT2D eigenvalue weighted by atomic mass is 10.1. The predicted molar refractivity (Wildman–Crippen MR) is 88.7 cm³/mol. The largest absolute Gasteiger partial charge is 0.457 e. The molecule has 1 nitrogen and oxygen atoms in total. The van der Waals surface area contributed by atoms with Crippen molar-refractivity contribution in [3.63, 3.8) is 0 Å². The molecule has 0 radical (unpaired) electrons. The van der Waals surface area contributed by atoms with E-state index < -0.39 is 8.07 Å². The van der Waals surface area contributed by atoms with Crippen molar-refractivity contribution < 1.29 is 4.74 Å². The Hall–Kier alpha value is -1.54. The SMILES string of the molecule is Cc1cc(C)c2c(c1)[Si](C)(C)c1cc(C)cc(C)c1O2. The van der Waals surface area contributed by atoms with Crippen molar-refractivity contribution in [2.45, 2.75) is 40.8 Å². The van der Waals surface area contributed by atoms with E-state index in [4.69, 9.17) is 4.74 Å². The van der Waals surface area contributed by atoms with Gasteiger partial charge in [-0.1, -0.05) is 48.5 Å². The van der Waals surface area contributed by atoms with Crippen molar-refractivity contribution in [3.8, 4) is 11.5 Å². The van der Waals surface area contributed by atoms with Gasteiger partial charge in [-0.15, -0.1) is 0 Å². The highest BCUT2D eigenvalue weighted by atomic mass is 28.3. The van der Waals surface area contributed by atoms with Gasteiger partial charge in [-0.25, -0.2) is 0 Å². The lowest BCUT2D eigenvalue weighted by Crippen LogP contribution is -2.56. The maximum Gasteiger partial charge on any atom is 0.130 e. The number of hydrogen-bond donors (Lipinski definition) is 0. The molecule has 2 heteroatoms. The molecule has 2 aromatic rings. The topological polar surface area (TPSA) is 9.23 Å². The van der Waals surface area contributed by atoms with E-state index >= 15 is 0 Å². The third kappa shape index (κ3) is 1.82. The van der Waals surface area contributed by atoms with E-state index in [0.29, 0.717) is 0 Å². The highest BCUT2D eigenvalue weighted by Gasteiger charge is 2.37. The summed E-state index contributed by atoms with van der Waals surface area (Å²) in [5, 5.41) is 2.88. The van der Waals surface area contributed by atoms with E-state index in [-0.39, 0.29) is 0 Å². The number of rotatable bonds is 0. The molecule has 0 unspecified atom stereocenters. The summed E-state index contributed by atoms with van der Waals surface area (Å²) in [6.07, 6.45) is 0. The molecule has 1 aliphatic rings. The van der Waals surface area contributed by atoms with E-state index in [1.807, 2.05) is 0 Å². The normalized spacial score (nSPS) is 15.3. The maximum absolute atomic E-state index is 6.32. The first kappa shape index (κ1) is 13.4. The van der Waals surface area contributed by atoms with Crippen molar-refractivity contribution in [2.75, 3.05) is 0 Å². The third-order valence-electron chi connectivity index (χ3n) is 4.39. The number of benzene rings is 2. The average Bonchev–Trinajstić information content (AvgIpc) is 2.32.